The van der Waals surface area contributed by atoms with E-state index in [4.69, 9.17) is 10.5 Å². The number of hydrogen-bond acceptors (Lipinski definition) is 3. The average Bonchev–Trinajstić information content (AvgIpc) is 2.59. The Bertz CT molecular complexity index is 272. The van der Waals surface area contributed by atoms with Crippen LogP contribution in [0.4, 0.5) is 0 Å². The summed E-state index contributed by atoms with van der Waals surface area (Å²) in [5, 5.41) is 0. The fourth-order valence-corrected chi connectivity index (χ4v) is 4.07. The SMILES string of the molecule is CC1(C)CN(CC2CCCC2CN)CC(C)(C)O1. The molecule has 0 amide bonds. The van der Waals surface area contributed by atoms with Gasteiger partial charge in [0.15, 0.2) is 0 Å². The summed E-state index contributed by atoms with van der Waals surface area (Å²) in [5.41, 5.74) is 5.83. The van der Waals surface area contributed by atoms with Gasteiger partial charge in [-0.25, -0.2) is 0 Å². The molecular formula is C15H30N2O. The van der Waals surface area contributed by atoms with Gasteiger partial charge < -0.3 is 10.5 Å². The highest BCUT2D eigenvalue weighted by atomic mass is 16.5. The summed E-state index contributed by atoms with van der Waals surface area (Å²) in [5.74, 6) is 1.55. The molecule has 0 bridgehead atoms. The van der Waals surface area contributed by atoms with E-state index in [1.807, 2.05) is 0 Å². The van der Waals surface area contributed by atoms with Crippen molar-refractivity contribution in [1.29, 1.82) is 0 Å². The van der Waals surface area contributed by atoms with Crippen LogP contribution in [0, 0.1) is 11.8 Å². The molecule has 0 spiro atoms. The Balaban J connectivity index is 1.96. The first kappa shape index (κ1) is 14.3. The van der Waals surface area contributed by atoms with Gasteiger partial charge >= 0.3 is 0 Å². The van der Waals surface area contributed by atoms with E-state index in [9.17, 15) is 0 Å². The van der Waals surface area contributed by atoms with E-state index in [1.54, 1.807) is 0 Å². The highest BCUT2D eigenvalue weighted by Crippen LogP contribution is 2.34. The van der Waals surface area contributed by atoms with Crippen molar-refractivity contribution in [3.05, 3.63) is 0 Å². The fourth-order valence-electron chi connectivity index (χ4n) is 4.07. The number of nitrogens with zero attached hydrogens (tertiary/aromatic N) is 1. The van der Waals surface area contributed by atoms with Crippen molar-refractivity contribution in [3.63, 3.8) is 0 Å². The predicted molar refractivity (Wildman–Crippen MR) is 75.6 cm³/mol. The van der Waals surface area contributed by atoms with Crippen molar-refractivity contribution >= 4 is 0 Å². The lowest BCUT2D eigenvalue weighted by Gasteiger charge is -2.48. The molecule has 3 nitrogen and oxygen atoms in total. The van der Waals surface area contributed by atoms with E-state index in [0.717, 1.165) is 31.5 Å². The first-order valence-electron chi connectivity index (χ1n) is 7.44. The molecule has 1 aliphatic carbocycles. The maximum absolute atomic E-state index is 6.14. The summed E-state index contributed by atoms with van der Waals surface area (Å²) in [6.07, 6.45) is 4.06. The first-order valence-corrected chi connectivity index (χ1v) is 7.44. The minimum absolute atomic E-state index is 0.0292. The molecule has 18 heavy (non-hydrogen) atoms. The lowest BCUT2D eigenvalue weighted by Crippen LogP contribution is -2.58. The Morgan fingerprint density at radius 3 is 2.17 bits per heavy atom. The van der Waals surface area contributed by atoms with Crippen molar-refractivity contribution in [1.82, 2.24) is 4.90 Å². The summed E-state index contributed by atoms with van der Waals surface area (Å²) in [7, 11) is 0. The van der Waals surface area contributed by atoms with Crippen LogP contribution in [0.1, 0.15) is 47.0 Å². The van der Waals surface area contributed by atoms with Crippen LogP contribution in [-0.2, 0) is 4.74 Å². The average molecular weight is 254 g/mol. The number of ether oxygens (including phenoxy) is 1. The molecule has 2 rings (SSSR count). The lowest BCUT2D eigenvalue weighted by atomic mass is 9.93. The summed E-state index contributed by atoms with van der Waals surface area (Å²) in [6.45, 7) is 13.0. The largest absolute Gasteiger partial charge is 0.367 e. The Labute approximate surface area is 112 Å². The molecule has 2 unspecified atom stereocenters. The van der Waals surface area contributed by atoms with Gasteiger partial charge in [0, 0.05) is 19.6 Å². The van der Waals surface area contributed by atoms with Gasteiger partial charge in [-0.1, -0.05) is 6.42 Å². The van der Waals surface area contributed by atoms with Gasteiger partial charge in [-0.05, 0) is 58.9 Å². The van der Waals surface area contributed by atoms with Crippen molar-refractivity contribution in [2.24, 2.45) is 17.6 Å². The highest BCUT2D eigenvalue weighted by Gasteiger charge is 2.39. The van der Waals surface area contributed by atoms with Gasteiger partial charge in [0.05, 0.1) is 11.2 Å². The summed E-state index contributed by atoms with van der Waals surface area (Å²) in [6, 6.07) is 0. The van der Waals surface area contributed by atoms with Gasteiger partial charge in [-0.15, -0.1) is 0 Å². The van der Waals surface area contributed by atoms with Gasteiger partial charge in [0.25, 0.3) is 0 Å². The fraction of sp³-hybridized carbons (Fsp3) is 1.00. The summed E-state index contributed by atoms with van der Waals surface area (Å²) >= 11 is 0. The van der Waals surface area contributed by atoms with Gasteiger partial charge in [-0.2, -0.15) is 0 Å². The van der Waals surface area contributed by atoms with Gasteiger partial charge in [0.2, 0.25) is 0 Å². The number of rotatable bonds is 3. The predicted octanol–water partition coefficient (Wildman–Crippen LogP) is 2.25. The molecule has 0 radical (unpaired) electrons. The third kappa shape index (κ3) is 3.46. The normalized spacial score (nSPS) is 35.8. The highest BCUT2D eigenvalue weighted by molar-refractivity contribution is 4.91. The molecular weight excluding hydrogens is 224 g/mol. The number of hydrogen-bond donors (Lipinski definition) is 1. The first-order chi connectivity index (χ1) is 8.31. The lowest BCUT2D eigenvalue weighted by molar-refractivity contribution is -0.182. The zero-order chi connectivity index (χ0) is 13.4. The van der Waals surface area contributed by atoms with E-state index >= 15 is 0 Å². The van der Waals surface area contributed by atoms with E-state index in [2.05, 4.69) is 32.6 Å². The Morgan fingerprint density at radius 1 is 1.06 bits per heavy atom. The molecule has 2 atom stereocenters. The van der Waals surface area contributed by atoms with Crippen LogP contribution >= 0.6 is 0 Å². The molecule has 2 N–H and O–H groups in total. The van der Waals surface area contributed by atoms with Crippen LogP contribution in [0.3, 0.4) is 0 Å². The number of nitrogens with two attached hydrogens (primary N) is 1. The number of morpholine rings is 1. The second-order valence-corrected chi connectivity index (χ2v) is 7.48. The molecule has 0 aromatic rings. The van der Waals surface area contributed by atoms with Gasteiger partial charge in [-0.3, -0.25) is 4.90 Å². The Morgan fingerprint density at radius 2 is 1.61 bits per heavy atom. The van der Waals surface area contributed by atoms with Gasteiger partial charge in [0.1, 0.15) is 0 Å². The van der Waals surface area contributed by atoms with Crippen molar-refractivity contribution in [3.8, 4) is 0 Å². The van der Waals surface area contributed by atoms with Crippen LogP contribution in [-0.4, -0.2) is 42.3 Å². The molecule has 2 aliphatic rings. The zero-order valence-electron chi connectivity index (χ0n) is 12.5. The molecule has 0 aromatic heterocycles. The van der Waals surface area contributed by atoms with E-state index in [0.29, 0.717) is 0 Å². The smallest absolute Gasteiger partial charge is 0.0760 e. The van der Waals surface area contributed by atoms with E-state index in [1.165, 1.54) is 25.8 Å². The van der Waals surface area contributed by atoms with E-state index < -0.39 is 0 Å². The minimum atomic E-state index is -0.0292. The van der Waals surface area contributed by atoms with Crippen molar-refractivity contribution in [2.75, 3.05) is 26.2 Å². The third-order valence-electron chi connectivity index (χ3n) is 4.37. The molecule has 1 saturated carbocycles. The topological polar surface area (TPSA) is 38.5 Å². The third-order valence-corrected chi connectivity index (χ3v) is 4.37. The zero-order valence-corrected chi connectivity index (χ0v) is 12.5. The monoisotopic (exact) mass is 254 g/mol. The Hall–Kier alpha value is -0.120. The van der Waals surface area contributed by atoms with Crippen LogP contribution in [0.15, 0.2) is 0 Å². The minimum Gasteiger partial charge on any atom is -0.367 e. The maximum atomic E-state index is 6.14. The van der Waals surface area contributed by atoms with Crippen molar-refractivity contribution < 1.29 is 4.74 Å². The molecule has 106 valence electrons. The van der Waals surface area contributed by atoms with Crippen LogP contribution in [0.2, 0.25) is 0 Å². The van der Waals surface area contributed by atoms with Crippen LogP contribution in [0.25, 0.3) is 0 Å². The molecule has 3 heteroatoms. The van der Waals surface area contributed by atoms with Crippen LogP contribution < -0.4 is 5.73 Å². The molecule has 1 saturated heterocycles. The van der Waals surface area contributed by atoms with Crippen LogP contribution in [0.5, 0.6) is 0 Å². The Kier molecular flexibility index (Phi) is 4.05. The summed E-state index contributed by atoms with van der Waals surface area (Å²) < 4.78 is 6.14. The molecule has 0 aromatic carbocycles. The maximum Gasteiger partial charge on any atom is 0.0760 e. The summed E-state index contributed by atoms with van der Waals surface area (Å²) in [4.78, 5) is 2.60. The standard InChI is InChI=1S/C15H30N2O/c1-14(2)10-17(11-15(3,4)18-14)9-13-7-5-6-12(13)8-16/h12-13H,5-11,16H2,1-4H3. The molecule has 1 aliphatic heterocycles. The quantitative estimate of drug-likeness (QED) is 0.839. The molecule has 2 fully saturated rings. The van der Waals surface area contributed by atoms with E-state index in [-0.39, 0.29) is 11.2 Å². The second-order valence-electron chi connectivity index (χ2n) is 7.48. The second kappa shape index (κ2) is 5.10. The molecule has 1 heterocycles. The van der Waals surface area contributed by atoms with Crippen molar-refractivity contribution in [2.45, 2.75) is 58.2 Å².